The van der Waals surface area contributed by atoms with Gasteiger partial charge in [0.15, 0.2) is 0 Å². The fraction of sp³-hybridized carbons (Fsp3) is 0.417. The predicted molar refractivity (Wildman–Crippen MR) is 119 cm³/mol. The highest BCUT2D eigenvalue weighted by Crippen LogP contribution is 2.34. The quantitative estimate of drug-likeness (QED) is 0.512. The fourth-order valence-electron chi connectivity index (χ4n) is 3.85. The van der Waals surface area contributed by atoms with Crippen LogP contribution in [-0.4, -0.2) is 51.6 Å². The minimum Gasteiger partial charge on any atom is -0.477 e. The van der Waals surface area contributed by atoms with Crippen molar-refractivity contribution in [2.24, 2.45) is 5.92 Å². The second-order valence-corrected chi connectivity index (χ2v) is 9.36. The molecule has 0 saturated carbocycles. The minimum atomic E-state index is -3.42. The molecule has 1 saturated heterocycles. The third-order valence-corrected chi connectivity index (χ3v) is 6.78. The number of rotatable bonds is 10. The highest BCUT2D eigenvalue weighted by molar-refractivity contribution is 7.13. The number of carbonyl (C=O) groups excluding carboxylic acids is 1. The molecular formula is C24H27F2NO4S. The molecule has 8 heteroatoms. The van der Waals surface area contributed by atoms with Crippen LogP contribution in [0.3, 0.4) is 0 Å². The lowest BCUT2D eigenvalue weighted by molar-refractivity contribution is -0.148. The summed E-state index contributed by atoms with van der Waals surface area (Å²) in [7, 11) is 0. The van der Waals surface area contributed by atoms with Crippen molar-refractivity contribution in [3.63, 3.8) is 0 Å². The van der Waals surface area contributed by atoms with Crippen LogP contribution in [0, 0.1) is 5.92 Å². The monoisotopic (exact) mass is 463 g/mol. The Hall–Kier alpha value is -2.58. The number of carboxylic acid groups (broad SMARTS) is 1. The number of aliphatic hydroxyl groups excluding tert-OH is 1. The van der Waals surface area contributed by atoms with Crippen LogP contribution < -0.4 is 0 Å². The summed E-state index contributed by atoms with van der Waals surface area (Å²) < 4.78 is 28.2. The summed E-state index contributed by atoms with van der Waals surface area (Å²) >= 11 is 1.14. The van der Waals surface area contributed by atoms with E-state index in [1.165, 1.54) is 18.2 Å². The van der Waals surface area contributed by atoms with Crippen molar-refractivity contribution in [3.05, 3.63) is 69.9 Å². The number of aryl methyl sites for hydroxylation is 1. The lowest BCUT2D eigenvalue weighted by atomic mass is 9.95. The number of thiophene rings is 1. The Morgan fingerprint density at radius 1 is 1.28 bits per heavy atom. The molecule has 2 heterocycles. The molecule has 1 aliphatic heterocycles. The number of nitrogens with zero attached hydrogens (tertiary/aromatic N) is 1. The number of benzene rings is 1. The fourth-order valence-corrected chi connectivity index (χ4v) is 4.74. The van der Waals surface area contributed by atoms with Crippen LogP contribution >= 0.6 is 11.3 Å². The van der Waals surface area contributed by atoms with Gasteiger partial charge in [-0.1, -0.05) is 49.4 Å². The summed E-state index contributed by atoms with van der Waals surface area (Å²) in [6.45, 7) is 2.03. The second-order valence-electron chi connectivity index (χ2n) is 8.19. The molecule has 5 nitrogen and oxygen atoms in total. The van der Waals surface area contributed by atoms with Crippen molar-refractivity contribution in [2.75, 3.05) is 6.54 Å². The van der Waals surface area contributed by atoms with Gasteiger partial charge in [0.25, 0.3) is 5.91 Å². The summed E-state index contributed by atoms with van der Waals surface area (Å²) in [5.74, 6) is -5.73. The molecule has 1 aromatic carbocycles. The van der Waals surface area contributed by atoms with Gasteiger partial charge in [0.2, 0.25) is 0 Å². The molecule has 2 aromatic rings. The summed E-state index contributed by atoms with van der Waals surface area (Å²) in [5.41, 5.74) is 1.08. The summed E-state index contributed by atoms with van der Waals surface area (Å²) in [6, 6.07) is 12.1. The maximum atomic E-state index is 14.1. The summed E-state index contributed by atoms with van der Waals surface area (Å²) in [5, 5.41) is 19.5. The first-order chi connectivity index (χ1) is 15.2. The van der Waals surface area contributed by atoms with Gasteiger partial charge in [0.05, 0.1) is 12.1 Å². The number of likely N-dealkylation sites (tertiary alicyclic amines) is 1. The van der Waals surface area contributed by atoms with Gasteiger partial charge in [-0.25, -0.2) is 4.79 Å². The van der Waals surface area contributed by atoms with Crippen LogP contribution in [0.5, 0.6) is 0 Å². The number of carbonyl (C=O) groups is 2. The molecule has 1 aliphatic rings. The molecule has 1 amide bonds. The standard InChI is InChI=1S/C24H27F2NO4S/c1-16(14-17-6-3-2-4-7-17)20(28)11-9-18-15-24(25,26)23(31)27(18)13-5-8-19-10-12-21(32-19)22(29)30/h2-4,6-7,9-12,16,18,20,28H,5,8,13-15H2,1H3,(H,29,30)/b11-9+/t16-,18-,20+/m0/s1. The average molecular weight is 464 g/mol. The van der Waals surface area contributed by atoms with Gasteiger partial charge in [-0.3, -0.25) is 4.79 Å². The average Bonchev–Trinajstić information content (AvgIpc) is 3.31. The molecule has 0 aliphatic carbocycles. The van der Waals surface area contributed by atoms with Crippen LogP contribution in [0.2, 0.25) is 0 Å². The zero-order valence-corrected chi connectivity index (χ0v) is 18.6. The van der Waals surface area contributed by atoms with Gasteiger partial charge in [-0.2, -0.15) is 8.78 Å². The molecule has 32 heavy (non-hydrogen) atoms. The third-order valence-electron chi connectivity index (χ3n) is 5.65. The first kappa shape index (κ1) is 24.1. The Bertz CT molecular complexity index is 960. The smallest absolute Gasteiger partial charge is 0.345 e. The van der Waals surface area contributed by atoms with Crippen molar-refractivity contribution < 1.29 is 28.6 Å². The Balaban J connectivity index is 1.59. The summed E-state index contributed by atoms with van der Waals surface area (Å²) in [6.07, 6.45) is 3.19. The molecule has 0 spiro atoms. The zero-order chi connectivity index (χ0) is 23.3. The van der Waals surface area contributed by atoms with Crippen LogP contribution in [0.15, 0.2) is 54.6 Å². The largest absolute Gasteiger partial charge is 0.477 e. The number of hydrogen-bond donors (Lipinski definition) is 2. The number of alkyl halides is 2. The molecule has 2 N–H and O–H groups in total. The van der Waals surface area contributed by atoms with E-state index in [4.69, 9.17) is 5.11 Å². The first-order valence-electron chi connectivity index (χ1n) is 10.6. The molecule has 1 fully saturated rings. The Morgan fingerprint density at radius 2 is 2.00 bits per heavy atom. The highest BCUT2D eigenvalue weighted by atomic mass is 32.1. The van der Waals surface area contributed by atoms with Gasteiger partial charge in [0, 0.05) is 17.8 Å². The van der Waals surface area contributed by atoms with Gasteiger partial charge in [-0.05, 0) is 42.9 Å². The number of hydrogen-bond acceptors (Lipinski definition) is 4. The predicted octanol–water partition coefficient (Wildman–Crippen LogP) is 4.41. The minimum absolute atomic E-state index is 0.109. The lowest BCUT2D eigenvalue weighted by Crippen LogP contribution is -2.37. The highest BCUT2D eigenvalue weighted by Gasteiger charge is 2.52. The van der Waals surface area contributed by atoms with Crippen molar-refractivity contribution in [3.8, 4) is 0 Å². The second kappa shape index (κ2) is 10.4. The number of aliphatic hydroxyl groups is 1. The molecular weight excluding hydrogens is 436 g/mol. The van der Waals surface area contributed by atoms with Crippen molar-refractivity contribution >= 4 is 23.2 Å². The molecule has 0 bridgehead atoms. The van der Waals surface area contributed by atoms with Crippen LogP contribution in [0.25, 0.3) is 0 Å². The van der Waals surface area contributed by atoms with Crippen LogP contribution in [0.4, 0.5) is 8.78 Å². The number of amides is 1. The van der Waals surface area contributed by atoms with E-state index in [1.807, 2.05) is 37.3 Å². The molecule has 3 rings (SSSR count). The lowest BCUT2D eigenvalue weighted by Gasteiger charge is -2.22. The Morgan fingerprint density at radius 3 is 2.66 bits per heavy atom. The topological polar surface area (TPSA) is 77.8 Å². The molecule has 172 valence electrons. The molecule has 0 radical (unpaired) electrons. The van der Waals surface area contributed by atoms with E-state index in [2.05, 4.69) is 0 Å². The van der Waals surface area contributed by atoms with E-state index in [9.17, 15) is 23.5 Å². The number of aromatic carboxylic acids is 1. The van der Waals surface area contributed by atoms with E-state index in [-0.39, 0.29) is 17.3 Å². The van der Waals surface area contributed by atoms with E-state index < -0.39 is 36.4 Å². The Labute approximate surface area is 190 Å². The van der Waals surface area contributed by atoms with E-state index in [0.29, 0.717) is 19.3 Å². The van der Waals surface area contributed by atoms with Gasteiger partial charge >= 0.3 is 11.9 Å². The van der Waals surface area contributed by atoms with Gasteiger partial charge < -0.3 is 15.1 Å². The van der Waals surface area contributed by atoms with Gasteiger partial charge in [0.1, 0.15) is 4.88 Å². The SMILES string of the molecule is C[C@@H](Cc1ccccc1)[C@H](O)/C=C/[C@H]1CC(F)(F)C(=O)N1CCCc1ccc(C(=O)O)s1. The number of carboxylic acids is 1. The van der Waals surface area contributed by atoms with E-state index in [1.54, 1.807) is 6.07 Å². The van der Waals surface area contributed by atoms with Crippen molar-refractivity contribution in [1.29, 1.82) is 0 Å². The van der Waals surface area contributed by atoms with Crippen LogP contribution in [-0.2, 0) is 17.6 Å². The van der Waals surface area contributed by atoms with Crippen molar-refractivity contribution in [1.82, 2.24) is 4.90 Å². The van der Waals surface area contributed by atoms with Crippen molar-refractivity contribution in [2.45, 2.75) is 50.7 Å². The third kappa shape index (κ3) is 6.01. The van der Waals surface area contributed by atoms with Gasteiger partial charge in [-0.15, -0.1) is 11.3 Å². The Kier molecular flexibility index (Phi) is 7.79. The van der Waals surface area contributed by atoms with E-state index >= 15 is 0 Å². The maximum absolute atomic E-state index is 14.1. The number of halogens is 2. The normalized spacial score (nSPS) is 20.1. The van der Waals surface area contributed by atoms with Crippen LogP contribution in [0.1, 0.15) is 39.9 Å². The first-order valence-corrected chi connectivity index (χ1v) is 11.4. The summed E-state index contributed by atoms with van der Waals surface area (Å²) in [4.78, 5) is 25.4. The molecule has 0 unspecified atom stereocenters. The zero-order valence-electron chi connectivity index (χ0n) is 17.8. The van der Waals surface area contributed by atoms with E-state index in [0.717, 1.165) is 26.7 Å². The molecule has 1 aromatic heterocycles. The molecule has 3 atom stereocenters. The maximum Gasteiger partial charge on any atom is 0.345 e.